The molecule has 2 aliphatic rings. The largest absolute Gasteiger partial charge is 0.445 e. The topological polar surface area (TPSA) is 75.4 Å². The van der Waals surface area contributed by atoms with Gasteiger partial charge in [0.1, 0.15) is 11.9 Å². The predicted octanol–water partition coefficient (Wildman–Crippen LogP) is 6.18. The highest BCUT2D eigenvalue weighted by Gasteiger charge is 2.40. The van der Waals surface area contributed by atoms with Crippen LogP contribution in [0, 0.1) is 5.92 Å². The van der Waals surface area contributed by atoms with E-state index < -0.39 is 23.3 Å². The van der Waals surface area contributed by atoms with Gasteiger partial charge in [-0.2, -0.15) is 13.2 Å². The molecule has 3 aromatic rings. The highest BCUT2D eigenvalue weighted by atomic mass is 19.4. The molecule has 1 atom stereocenters. The number of carbonyl (C=O) groups is 2. The maximum Gasteiger partial charge on any atom is 0.416 e. The number of carbonyl (C=O) groups excluding carboxylic acids is 2. The highest BCUT2D eigenvalue weighted by Crippen LogP contribution is 2.43. The van der Waals surface area contributed by atoms with Crippen LogP contribution in [0.5, 0.6) is 0 Å². The highest BCUT2D eigenvalue weighted by molar-refractivity contribution is 5.96. The summed E-state index contributed by atoms with van der Waals surface area (Å²) in [6.07, 6.45) is 1.97. The van der Waals surface area contributed by atoms with Gasteiger partial charge < -0.3 is 14.6 Å². The fourth-order valence-corrected chi connectivity index (χ4v) is 5.86. The lowest BCUT2D eigenvalue weighted by atomic mass is 9.78. The molecule has 40 heavy (non-hydrogen) atoms. The van der Waals surface area contributed by atoms with E-state index in [9.17, 15) is 22.8 Å². The first-order chi connectivity index (χ1) is 19.1. The fraction of sp³-hybridized carbons (Fsp3) is 0.433. The van der Waals surface area contributed by atoms with Crippen molar-refractivity contribution in [1.29, 1.82) is 0 Å². The van der Waals surface area contributed by atoms with Gasteiger partial charge >= 0.3 is 6.18 Å². The normalized spacial score (nSPS) is 23.7. The number of rotatable bonds is 8. The zero-order valence-corrected chi connectivity index (χ0v) is 21.9. The number of Topliss-reactive ketones (excluding diaryl/α,β-unsaturated/α-hetero) is 1. The van der Waals surface area contributed by atoms with Crippen LogP contribution in [0.4, 0.5) is 17.6 Å². The van der Waals surface area contributed by atoms with Crippen LogP contribution < -0.4 is 5.32 Å². The number of aromatic nitrogens is 1. The van der Waals surface area contributed by atoms with Gasteiger partial charge in [-0.1, -0.05) is 18.2 Å². The lowest BCUT2D eigenvalue weighted by Crippen LogP contribution is -2.40. The van der Waals surface area contributed by atoms with E-state index in [4.69, 9.17) is 4.42 Å². The van der Waals surface area contributed by atoms with Crippen LogP contribution in [0.3, 0.4) is 0 Å². The number of halogens is 4. The van der Waals surface area contributed by atoms with Gasteiger partial charge in [-0.3, -0.25) is 9.59 Å². The molecule has 0 radical (unpaired) electrons. The lowest BCUT2D eigenvalue weighted by molar-refractivity contribution is -0.137. The van der Waals surface area contributed by atoms with Crippen molar-refractivity contribution in [1.82, 2.24) is 15.2 Å². The maximum absolute atomic E-state index is 15.8. The molecule has 1 amide bonds. The van der Waals surface area contributed by atoms with Crippen LogP contribution in [0.2, 0.25) is 0 Å². The molecule has 0 unspecified atom stereocenters. The van der Waals surface area contributed by atoms with Crippen LogP contribution in [-0.2, 0) is 16.6 Å². The number of hydrogen-bond donors (Lipinski definition) is 1. The molecule has 0 bridgehead atoms. The van der Waals surface area contributed by atoms with Gasteiger partial charge in [-0.25, -0.2) is 9.37 Å². The third kappa shape index (κ3) is 6.43. The Hall–Kier alpha value is -3.53. The second kappa shape index (κ2) is 11.5. The van der Waals surface area contributed by atoms with E-state index in [1.807, 2.05) is 24.3 Å². The molecular weight excluding hydrogens is 526 g/mol. The van der Waals surface area contributed by atoms with Crippen LogP contribution in [-0.4, -0.2) is 47.3 Å². The van der Waals surface area contributed by atoms with Crippen molar-refractivity contribution >= 4 is 11.7 Å². The Balaban J connectivity index is 1.06. The molecule has 5 rings (SSSR count). The second-order valence-electron chi connectivity index (χ2n) is 10.8. The Labute approximate surface area is 229 Å². The first-order valence-corrected chi connectivity index (χ1v) is 13.5. The Morgan fingerprint density at radius 1 is 1.07 bits per heavy atom. The van der Waals surface area contributed by atoms with Gasteiger partial charge in [-0.15, -0.1) is 0 Å². The number of ketones is 1. The number of benzene rings is 2. The number of amides is 1. The molecule has 2 fully saturated rings. The van der Waals surface area contributed by atoms with Crippen LogP contribution in [0.25, 0.3) is 11.5 Å². The molecule has 1 saturated heterocycles. The van der Waals surface area contributed by atoms with E-state index in [0.717, 1.165) is 50.0 Å². The zero-order valence-electron chi connectivity index (χ0n) is 21.9. The molecule has 1 N–H and O–H groups in total. The van der Waals surface area contributed by atoms with Crippen molar-refractivity contribution in [3.05, 3.63) is 77.7 Å². The zero-order chi connectivity index (χ0) is 28.3. The summed E-state index contributed by atoms with van der Waals surface area (Å²) in [7, 11) is 0. The minimum Gasteiger partial charge on any atom is -0.445 e. The summed E-state index contributed by atoms with van der Waals surface area (Å²) in [5, 5.41) is 2.44. The summed E-state index contributed by atoms with van der Waals surface area (Å²) in [4.78, 5) is 31.2. The van der Waals surface area contributed by atoms with Gasteiger partial charge in [0.25, 0.3) is 5.91 Å². The van der Waals surface area contributed by atoms with E-state index in [1.54, 1.807) is 6.20 Å². The summed E-state index contributed by atoms with van der Waals surface area (Å²) >= 11 is 0. The van der Waals surface area contributed by atoms with Crippen molar-refractivity contribution in [2.75, 3.05) is 19.6 Å². The maximum atomic E-state index is 15.8. The summed E-state index contributed by atoms with van der Waals surface area (Å²) in [5.41, 5.74) is -0.956. The van der Waals surface area contributed by atoms with E-state index in [0.29, 0.717) is 24.3 Å². The molecule has 212 valence electrons. The average molecular weight is 558 g/mol. The third-order valence-electron chi connectivity index (χ3n) is 8.08. The first-order valence-electron chi connectivity index (χ1n) is 13.5. The quantitative estimate of drug-likeness (QED) is 0.335. The standard InChI is InChI=1S/C30H31F4N3O3/c31-29(23-6-4-21(5-7-23)28-35-13-15-40-28)11-8-25(9-12-29)37-14-10-20(19-37)16-26(38)18-36-27(39)22-2-1-3-24(17-22)30(32,33)34/h1-7,13,15,17,20,25H,8-12,14,16,18-19H2,(H,36,39)/t20-,25?,29?/m0/s1. The van der Waals surface area contributed by atoms with Gasteiger partial charge in [-0.05, 0) is 80.5 Å². The van der Waals surface area contributed by atoms with Gasteiger partial charge in [0.2, 0.25) is 5.89 Å². The summed E-state index contributed by atoms with van der Waals surface area (Å²) in [6, 6.07) is 11.7. The molecule has 1 saturated carbocycles. The summed E-state index contributed by atoms with van der Waals surface area (Å²) in [5.74, 6) is -0.232. The number of likely N-dealkylation sites (tertiary alicyclic amines) is 1. The van der Waals surface area contributed by atoms with Gasteiger partial charge in [0.15, 0.2) is 5.78 Å². The summed E-state index contributed by atoms with van der Waals surface area (Å²) < 4.78 is 59.9. The SMILES string of the molecule is O=C(CNC(=O)c1cccc(C(F)(F)F)c1)C[C@@H]1CCN(C2CCC(F)(c3ccc(-c4ncco4)cc3)CC2)C1. The van der Waals surface area contributed by atoms with Gasteiger partial charge in [0.05, 0.1) is 18.3 Å². The Kier molecular flexibility index (Phi) is 8.07. The number of hydrogen-bond acceptors (Lipinski definition) is 5. The van der Waals surface area contributed by atoms with E-state index >= 15 is 4.39 Å². The first kappa shape index (κ1) is 28.0. The molecule has 10 heteroatoms. The number of oxazole rings is 1. The Bertz CT molecular complexity index is 1320. The molecule has 1 aromatic heterocycles. The molecule has 2 aromatic carbocycles. The monoisotopic (exact) mass is 557 g/mol. The van der Waals surface area contributed by atoms with Crippen LogP contribution in [0.15, 0.2) is 65.4 Å². The molecule has 0 spiro atoms. The Morgan fingerprint density at radius 2 is 1.82 bits per heavy atom. The second-order valence-corrected chi connectivity index (χ2v) is 10.8. The molecule has 6 nitrogen and oxygen atoms in total. The summed E-state index contributed by atoms with van der Waals surface area (Å²) in [6.45, 7) is 1.35. The van der Waals surface area contributed by atoms with Crippen LogP contribution >= 0.6 is 0 Å². The number of nitrogens with zero attached hydrogens (tertiary/aromatic N) is 2. The van der Waals surface area contributed by atoms with E-state index in [-0.39, 0.29) is 36.3 Å². The van der Waals surface area contributed by atoms with Crippen molar-refractivity contribution in [2.45, 2.75) is 56.4 Å². The van der Waals surface area contributed by atoms with E-state index in [1.165, 1.54) is 18.4 Å². The molecular formula is C30H31F4N3O3. The van der Waals surface area contributed by atoms with E-state index in [2.05, 4.69) is 15.2 Å². The fourth-order valence-electron chi connectivity index (χ4n) is 5.86. The molecule has 1 aliphatic carbocycles. The predicted molar refractivity (Wildman–Crippen MR) is 140 cm³/mol. The molecule has 1 aliphatic heterocycles. The van der Waals surface area contributed by atoms with Crippen molar-refractivity contribution in [3.63, 3.8) is 0 Å². The number of nitrogens with one attached hydrogen (secondary N) is 1. The van der Waals surface area contributed by atoms with Gasteiger partial charge in [0, 0.05) is 30.1 Å². The van der Waals surface area contributed by atoms with Crippen LogP contribution in [0.1, 0.15) is 60.0 Å². The minimum absolute atomic E-state index is 0.137. The average Bonchev–Trinajstić information content (AvgIpc) is 3.65. The minimum atomic E-state index is -4.55. The third-order valence-corrected chi connectivity index (χ3v) is 8.08. The van der Waals surface area contributed by atoms with Crippen molar-refractivity contribution in [2.24, 2.45) is 5.92 Å². The van der Waals surface area contributed by atoms with Crippen molar-refractivity contribution < 1.29 is 31.6 Å². The Morgan fingerprint density at radius 3 is 2.50 bits per heavy atom. The molecule has 2 heterocycles. The van der Waals surface area contributed by atoms with Crippen molar-refractivity contribution in [3.8, 4) is 11.5 Å². The lowest BCUT2D eigenvalue weighted by Gasteiger charge is -2.38. The smallest absolute Gasteiger partial charge is 0.416 e. The number of alkyl halides is 4.